The molecule has 0 atom stereocenters. The van der Waals surface area contributed by atoms with E-state index in [2.05, 4.69) is 10.4 Å². The minimum absolute atomic E-state index is 0.0952. The number of nitrogens with one attached hydrogen (secondary N) is 1. The molecule has 0 bridgehead atoms. The van der Waals surface area contributed by atoms with E-state index < -0.39 is 35.6 Å². The fourth-order valence-electron chi connectivity index (χ4n) is 2.81. The number of hydrogen-bond donors (Lipinski definition) is 1. The Bertz CT molecular complexity index is 1130. The number of benzene rings is 1. The number of nitrogens with zero attached hydrogens (tertiary/aromatic N) is 3. The molecule has 0 unspecified atom stereocenters. The Kier molecular flexibility index (Phi) is 5.27. The SMILES string of the molecule is Cc1cc(C)n(-c2ccc(NC(=O)Cn3cc(C(F)(F)F)ccc3=O)cc2F)n1. The molecule has 0 radical (unpaired) electrons. The summed E-state index contributed by atoms with van der Waals surface area (Å²) >= 11 is 0. The molecule has 0 aliphatic carbocycles. The summed E-state index contributed by atoms with van der Waals surface area (Å²) in [7, 11) is 0. The van der Waals surface area contributed by atoms with E-state index in [-0.39, 0.29) is 11.4 Å². The van der Waals surface area contributed by atoms with Gasteiger partial charge in [-0.2, -0.15) is 18.3 Å². The van der Waals surface area contributed by atoms with E-state index in [1.165, 1.54) is 16.8 Å². The second-order valence-corrected chi connectivity index (χ2v) is 6.43. The van der Waals surface area contributed by atoms with Crippen molar-refractivity contribution in [2.75, 3.05) is 5.32 Å². The van der Waals surface area contributed by atoms with Gasteiger partial charge in [-0.1, -0.05) is 0 Å². The Balaban J connectivity index is 1.77. The first-order valence-corrected chi connectivity index (χ1v) is 8.45. The highest BCUT2D eigenvalue weighted by Crippen LogP contribution is 2.28. The van der Waals surface area contributed by atoms with Gasteiger partial charge in [-0.15, -0.1) is 0 Å². The van der Waals surface area contributed by atoms with Gasteiger partial charge in [0.05, 0.1) is 11.3 Å². The number of pyridine rings is 1. The number of anilines is 1. The van der Waals surface area contributed by atoms with Gasteiger partial charge in [0.1, 0.15) is 12.2 Å². The second kappa shape index (κ2) is 7.53. The number of hydrogen-bond acceptors (Lipinski definition) is 3. The molecular weight excluding hydrogens is 392 g/mol. The Labute approximate surface area is 162 Å². The zero-order valence-corrected chi connectivity index (χ0v) is 15.4. The molecule has 152 valence electrons. The first kappa shape index (κ1) is 20.3. The zero-order chi connectivity index (χ0) is 21.3. The Morgan fingerprint density at radius 3 is 2.45 bits per heavy atom. The third-order valence-electron chi connectivity index (χ3n) is 4.09. The van der Waals surface area contributed by atoms with E-state index >= 15 is 0 Å². The number of rotatable bonds is 4. The normalized spacial score (nSPS) is 11.5. The minimum atomic E-state index is -4.64. The summed E-state index contributed by atoms with van der Waals surface area (Å²) in [5, 5.41) is 6.55. The third-order valence-corrected chi connectivity index (χ3v) is 4.09. The van der Waals surface area contributed by atoms with Crippen LogP contribution in [0.4, 0.5) is 23.2 Å². The number of halogens is 4. The highest BCUT2D eigenvalue weighted by atomic mass is 19.4. The summed E-state index contributed by atoms with van der Waals surface area (Å²) in [4.78, 5) is 23.8. The fraction of sp³-hybridized carbons (Fsp3) is 0.211. The summed E-state index contributed by atoms with van der Waals surface area (Å²) in [6, 6.07) is 7.08. The standard InChI is InChI=1S/C19H16F4N4O2/c1-11-7-12(2)27(25-11)16-5-4-14(8-15(16)20)24-17(28)10-26-9-13(19(21,22)23)3-6-18(26)29/h3-9H,10H2,1-2H3,(H,24,28). The first-order chi connectivity index (χ1) is 13.5. The van der Waals surface area contributed by atoms with Crippen molar-refractivity contribution in [1.82, 2.24) is 14.3 Å². The first-order valence-electron chi connectivity index (χ1n) is 8.45. The van der Waals surface area contributed by atoms with E-state index in [4.69, 9.17) is 0 Å². The monoisotopic (exact) mass is 408 g/mol. The van der Waals surface area contributed by atoms with Crippen LogP contribution in [0.1, 0.15) is 17.0 Å². The third kappa shape index (κ3) is 4.53. The summed E-state index contributed by atoms with van der Waals surface area (Å²) in [5.41, 5.74) is -0.0993. The molecule has 3 aromatic rings. The molecule has 29 heavy (non-hydrogen) atoms. The van der Waals surface area contributed by atoms with Crippen LogP contribution < -0.4 is 10.9 Å². The number of aromatic nitrogens is 3. The van der Waals surface area contributed by atoms with E-state index in [0.717, 1.165) is 17.8 Å². The quantitative estimate of drug-likeness (QED) is 0.673. The molecule has 10 heteroatoms. The maximum absolute atomic E-state index is 14.5. The van der Waals surface area contributed by atoms with E-state index in [1.807, 2.05) is 0 Å². The van der Waals surface area contributed by atoms with E-state index in [1.54, 1.807) is 19.9 Å². The lowest BCUT2D eigenvalue weighted by Gasteiger charge is -2.12. The predicted molar refractivity (Wildman–Crippen MR) is 97.3 cm³/mol. The maximum Gasteiger partial charge on any atom is 0.417 e. The molecular formula is C19H16F4N4O2. The Morgan fingerprint density at radius 1 is 1.14 bits per heavy atom. The maximum atomic E-state index is 14.5. The molecule has 1 aromatic carbocycles. The summed E-state index contributed by atoms with van der Waals surface area (Å²) in [6.07, 6.45) is -4.08. The molecule has 1 N–H and O–H groups in total. The molecule has 0 saturated carbocycles. The van der Waals surface area contributed by atoms with Gasteiger partial charge in [0.25, 0.3) is 5.56 Å². The van der Waals surface area contributed by atoms with Crippen molar-refractivity contribution in [1.29, 1.82) is 0 Å². The van der Waals surface area contributed by atoms with Crippen molar-refractivity contribution < 1.29 is 22.4 Å². The van der Waals surface area contributed by atoms with Gasteiger partial charge in [0.15, 0.2) is 5.82 Å². The molecule has 0 spiro atoms. The van der Waals surface area contributed by atoms with Crippen LogP contribution in [0, 0.1) is 19.7 Å². The number of carbonyl (C=O) groups is 1. The van der Waals surface area contributed by atoms with Crippen molar-refractivity contribution in [2.45, 2.75) is 26.6 Å². The highest BCUT2D eigenvalue weighted by molar-refractivity contribution is 5.90. The molecule has 0 aliphatic heterocycles. The van der Waals surface area contributed by atoms with Crippen LogP contribution in [0.25, 0.3) is 5.69 Å². The molecule has 0 fully saturated rings. The summed E-state index contributed by atoms with van der Waals surface area (Å²) in [6.45, 7) is 2.89. The molecule has 2 heterocycles. The minimum Gasteiger partial charge on any atom is -0.324 e. The van der Waals surface area contributed by atoms with Gasteiger partial charge in [0.2, 0.25) is 5.91 Å². The lowest BCUT2D eigenvalue weighted by molar-refractivity contribution is -0.138. The van der Waals surface area contributed by atoms with Crippen molar-refractivity contribution in [3.8, 4) is 5.69 Å². The molecule has 2 aromatic heterocycles. The van der Waals surface area contributed by atoms with Gasteiger partial charge < -0.3 is 9.88 Å². The predicted octanol–water partition coefficient (Wildman–Crippen LogP) is 3.45. The Morgan fingerprint density at radius 2 is 1.86 bits per heavy atom. The van der Waals surface area contributed by atoms with Gasteiger partial charge in [-0.3, -0.25) is 9.59 Å². The number of carbonyl (C=O) groups excluding carboxylic acids is 1. The smallest absolute Gasteiger partial charge is 0.324 e. The number of aryl methyl sites for hydroxylation is 2. The van der Waals surface area contributed by atoms with Crippen LogP contribution in [0.5, 0.6) is 0 Å². The summed E-state index contributed by atoms with van der Waals surface area (Å²) < 4.78 is 54.8. The van der Waals surface area contributed by atoms with Crippen molar-refractivity contribution in [2.24, 2.45) is 0 Å². The number of amides is 1. The molecule has 6 nitrogen and oxygen atoms in total. The van der Waals surface area contributed by atoms with Gasteiger partial charge in [-0.25, -0.2) is 9.07 Å². The molecule has 1 amide bonds. The zero-order valence-electron chi connectivity index (χ0n) is 15.4. The average molecular weight is 408 g/mol. The van der Waals surface area contributed by atoms with Crippen LogP contribution >= 0.6 is 0 Å². The Hall–Kier alpha value is -3.43. The van der Waals surface area contributed by atoms with Crippen LogP contribution in [-0.4, -0.2) is 20.3 Å². The van der Waals surface area contributed by atoms with Crippen LogP contribution in [0.15, 0.2) is 47.4 Å². The summed E-state index contributed by atoms with van der Waals surface area (Å²) in [5.74, 6) is -1.42. The van der Waals surface area contributed by atoms with Crippen molar-refractivity contribution in [3.63, 3.8) is 0 Å². The topological polar surface area (TPSA) is 68.9 Å². The van der Waals surface area contributed by atoms with Crippen molar-refractivity contribution in [3.05, 3.63) is 75.7 Å². The molecule has 0 aliphatic rings. The lowest BCUT2D eigenvalue weighted by atomic mass is 10.2. The molecule has 0 saturated heterocycles. The van der Waals surface area contributed by atoms with Gasteiger partial charge in [-0.05, 0) is 44.2 Å². The fourth-order valence-corrected chi connectivity index (χ4v) is 2.81. The van der Waals surface area contributed by atoms with Crippen LogP contribution in [0.3, 0.4) is 0 Å². The largest absolute Gasteiger partial charge is 0.417 e. The van der Waals surface area contributed by atoms with E-state index in [0.29, 0.717) is 22.5 Å². The van der Waals surface area contributed by atoms with Crippen LogP contribution in [0.2, 0.25) is 0 Å². The number of alkyl halides is 3. The molecule has 3 rings (SSSR count). The second-order valence-electron chi connectivity index (χ2n) is 6.43. The van der Waals surface area contributed by atoms with Gasteiger partial charge in [0, 0.05) is 23.6 Å². The average Bonchev–Trinajstić information content (AvgIpc) is 2.94. The lowest BCUT2D eigenvalue weighted by Crippen LogP contribution is -2.28. The van der Waals surface area contributed by atoms with Gasteiger partial charge >= 0.3 is 6.18 Å². The highest BCUT2D eigenvalue weighted by Gasteiger charge is 2.31. The van der Waals surface area contributed by atoms with E-state index in [9.17, 15) is 27.2 Å². The van der Waals surface area contributed by atoms with Crippen molar-refractivity contribution >= 4 is 11.6 Å². The van der Waals surface area contributed by atoms with Crippen LogP contribution in [-0.2, 0) is 17.5 Å².